The third kappa shape index (κ3) is 4.60. The van der Waals surface area contributed by atoms with Gasteiger partial charge in [0.1, 0.15) is 12.4 Å². The molecule has 1 aromatic carbocycles. The van der Waals surface area contributed by atoms with E-state index < -0.39 is 0 Å². The van der Waals surface area contributed by atoms with Gasteiger partial charge in [-0.15, -0.1) is 0 Å². The van der Waals surface area contributed by atoms with Crippen LogP contribution in [0.5, 0.6) is 5.75 Å². The molecule has 0 fully saturated rings. The van der Waals surface area contributed by atoms with Crippen molar-refractivity contribution in [2.24, 2.45) is 0 Å². The summed E-state index contributed by atoms with van der Waals surface area (Å²) < 4.78 is 7.78. The highest BCUT2D eigenvalue weighted by atomic mass is 16.5. The zero-order valence-corrected chi connectivity index (χ0v) is 13.2. The van der Waals surface area contributed by atoms with Gasteiger partial charge in [-0.05, 0) is 43.7 Å². The van der Waals surface area contributed by atoms with Gasteiger partial charge in [0.25, 0.3) is 0 Å². The summed E-state index contributed by atoms with van der Waals surface area (Å²) >= 11 is 0. The van der Waals surface area contributed by atoms with Crippen molar-refractivity contribution < 1.29 is 4.74 Å². The second-order valence-corrected chi connectivity index (χ2v) is 5.26. The van der Waals surface area contributed by atoms with Crippen molar-refractivity contribution in [3.8, 4) is 5.75 Å². The fourth-order valence-corrected chi connectivity index (χ4v) is 2.02. The van der Waals surface area contributed by atoms with Crippen LogP contribution in [0.4, 0.5) is 0 Å². The van der Waals surface area contributed by atoms with Gasteiger partial charge in [-0.2, -0.15) is 5.10 Å². The summed E-state index contributed by atoms with van der Waals surface area (Å²) in [7, 11) is 0. The first-order chi connectivity index (χ1) is 10.2. The van der Waals surface area contributed by atoms with E-state index in [9.17, 15) is 0 Å². The first kappa shape index (κ1) is 15.6. The molecule has 2 aromatic rings. The lowest BCUT2D eigenvalue weighted by atomic mass is 10.2. The normalized spacial score (nSPS) is 12.3. The Hall–Kier alpha value is -1.81. The summed E-state index contributed by atoms with van der Waals surface area (Å²) in [5.74, 6) is 0.883. The Morgan fingerprint density at radius 3 is 2.62 bits per heavy atom. The minimum absolute atomic E-state index is 0.434. The Labute approximate surface area is 127 Å². The summed E-state index contributed by atoms with van der Waals surface area (Å²) in [5.41, 5.74) is 2.23. The molecule has 0 amide bonds. The summed E-state index contributed by atoms with van der Waals surface area (Å²) in [6.07, 6.45) is 3.10. The van der Waals surface area contributed by atoms with Gasteiger partial charge in [-0.1, -0.05) is 26.0 Å². The molecule has 0 aliphatic rings. The minimum Gasteiger partial charge on any atom is -0.487 e. The predicted octanol–water partition coefficient (Wildman–Crippen LogP) is 3.54. The molecule has 1 atom stereocenters. The van der Waals surface area contributed by atoms with Crippen molar-refractivity contribution in [2.45, 2.75) is 46.4 Å². The molecule has 4 nitrogen and oxygen atoms in total. The average Bonchev–Trinajstić information content (AvgIpc) is 3.00. The zero-order chi connectivity index (χ0) is 15.1. The van der Waals surface area contributed by atoms with Gasteiger partial charge in [0.15, 0.2) is 0 Å². The summed E-state index contributed by atoms with van der Waals surface area (Å²) in [5, 5.41) is 7.84. The van der Waals surface area contributed by atoms with Crippen LogP contribution in [-0.4, -0.2) is 16.3 Å². The summed E-state index contributed by atoms with van der Waals surface area (Å²) in [6, 6.07) is 10.7. The van der Waals surface area contributed by atoms with Crippen LogP contribution >= 0.6 is 0 Å². The van der Waals surface area contributed by atoms with E-state index in [1.54, 1.807) is 0 Å². The van der Waals surface area contributed by atoms with Crippen LogP contribution in [0.1, 0.15) is 44.5 Å². The Bertz CT molecular complexity index is 533. The lowest BCUT2D eigenvalue weighted by molar-refractivity contribution is 0.298. The van der Waals surface area contributed by atoms with Gasteiger partial charge in [0.05, 0.1) is 5.69 Å². The number of rotatable bonds is 8. The Morgan fingerprint density at radius 1 is 1.19 bits per heavy atom. The molecule has 0 saturated heterocycles. The van der Waals surface area contributed by atoms with E-state index in [1.165, 1.54) is 5.56 Å². The van der Waals surface area contributed by atoms with E-state index in [2.05, 4.69) is 43.3 Å². The molecule has 0 aliphatic carbocycles. The zero-order valence-electron chi connectivity index (χ0n) is 13.2. The highest BCUT2D eigenvalue weighted by molar-refractivity contribution is 5.27. The SMILES string of the molecule is CCNCc1ccc(OCc2ccn(C(C)CC)n2)cc1. The molecule has 114 valence electrons. The minimum atomic E-state index is 0.434. The van der Waals surface area contributed by atoms with E-state index in [4.69, 9.17) is 4.74 Å². The molecule has 21 heavy (non-hydrogen) atoms. The quantitative estimate of drug-likeness (QED) is 0.807. The van der Waals surface area contributed by atoms with E-state index in [-0.39, 0.29) is 0 Å². The van der Waals surface area contributed by atoms with Crippen LogP contribution in [0, 0.1) is 0 Å². The lowest BCUT2D eigenvalue weighted by Crippen LogP contribution is -2.11. The Balaban J connectivity index is 1.86. The van der Waals surface area contributed by atoms with Crippen molar-refractivity contribution in [3.63, 3.8) is 0 Å². The maximum absolute atomic E-state index is 5.78. The van der Waals surface area contributed by atoms with Crippen molar-refractivity contribution >= 4 is 0 Å². The topological polar surface area (TPSA) is 39.1 Å². The third-order valence-electron chi connectivity index (χ3n) is 3.60. The predicted molar refractivity (Wildman–Crippen MR) is 85.4 cm³/mol. The van der Waals surface area contributed by atoms with E-state index in [1.807, 2.05) is 29.1 Å². The highest BCUT2D eigenvalue weighted by Gasteiger charge is 2.05. The maximum Gasteiger partial charge on any atom is 0.132 e. The van der Waals surface area contributed by atoms with Crippen LogP contribution in [0.15, 0.2) is 36.5 Å². The molecule has 0 radical (unpaired) electrons. The average molecular weight is 287 g/mol. The van der Waals surface area contributed by atoms with Crippen molar-refractivity contribution in [3.05, 3.63) is 47.8 Å². The first-order valence-electron chi connectivity index (χ1n) is 7.69. The number of nitrogens with one attached hydrogen (secondary N) is 1. The van der Waals surface area contributed by atoms with Crippen LogP contribution in [0.3, 0.4) is 0 Å². The van der Waals surface area contributed by atoms with Crippen LogP contribution in [-0.2, 0) is 13.2 Å². The molecule has 1 N–H and O–H groups in total. The Kier molecular flexibility index (Phi) is 5.81. The number of hydrogen-bond donors (Lipinski definition) is 1. The first-order valence-corrected chi connectivity index (χ1v) is 7.69. The van der Waals surface area contributed by atoms with E-state index in [0.717, 1.165) is 31.0 Å². The number of hydrogen-bond acceptors (Lipinski definition) is 3. The molecular formula is C17H25N3O. The number of benzene rings is 1. The Morgan fingerprint density at radius 2 is 1.95 bits per heavy atom. The molecule has 2 rings (SSSR count). The molecule has 0 saturated carbocycles. The molecule has 1 heterocycles. The number of aromatic nitrogens is 2. The second kappa shape index (κ2) is 7.84. The summed E-state index contributed by atoms with van der Waals surface area (Å²) in [4.78, 5) is 0. The highest BCUT2D eigenvalue weighted by Crippen LogP contribution is 2.15. The molecule has 0 spiro atoms. The lowest BCUT2D eigenvalue weighted by Gasteiger charge is -2.09. The van der Waals surface area contributed by atoms with E-state index in [0.29, 0.717) is 12.6 Å². The van der Waals surface area contributed by atoms with Crippen molar-refractivity contribution in [1.29, 1.82) is 0 Å². The third-order valence-corrected chi connectivity index (χ3v) is 3.60. The fraction of sp³-hybridized carbons (Fsp3) is 0.471. The molecule has 1 unspecified atom stereocenters. The number of ether oxygens (including phenoxy) is 1. The smallest absolute Gasteiger partial charge is 0.132 e. The molecule has 0 aliphatic heterocycles. The maximum atomic E-state index is 5.78. The largest absolute Gasteiger partial charge is 0.487 e. The van der Waals surface area contributed by atoms with E-state index >= 15 is 0 Å². The van der Waals surface area contributed by atoms with Crippen LogP contribution in [0.2, 0.25) is 0 Å². The molecule has 1 aromatic heterocycles. The van der Waals surface area contributed by atoms with Gasteiger partial charge >= 0.3 is 0 Å². The van der Waals surface area contributed by atoms with Crippen LogP contribution < -0.4 is 10.1 Å². The fourth-order valence-electron chi connectivity index (χ4n) is 2.02. The van der Waals surface area contributed by atoms with Crippen LogP contribution in [0.25, 0.3) is 0 Å². The molecular weight excluding hydrogens is 262 g/mol. The van der Waals surface area contributed by atoms with Gasteiger partial charge in [-0.25, -0.2) is 0 Å². The molecule has 0 bridgehead atoms. The number of nitrogens with zero attached hydrogens (tertiary/aromatic N) is 2. The van der Waals surface area contributed by atoms with Gasteiger partial charge in [-0.3, -0.25) is 4.68 Å². The van der Waals surface area contributed by atoms with Crippen molar-refractivity contribution in [2.75, 3.05) is 6.54 Å². The van der Waals surface area contributed by atoms with Crippen molar-refractivity contribution in [1.82, 2.24) is 15.1 Å². The van der Waals surface area contributed by atoms with Gasteiger partial charge in [0, 0.05) is 18.8 Å². The summed E-state index contributed by atoms with van der Waals surface area (Å²) in [6.45, 7) is 8.83. The second-order valence-electron chi connectivity index (χ2n) is 5.26. The van der Waals surface area contributed by atoms with Gasteiger partial charge < -0.3 is 10.1 Å². The standard InChI is InChI=1S/C17H25N3O/c1-4-14(3)20-11-10-16(19-20)13-21-17-8-6-15(7-9-17)12-18-5-2/h6-11,14,18H,4-5,12-13H2,1-3H3. The molecule has 4 heteroatoms. The monoisotopic (exact) mass is 287 g/mol. The van der Waals surface area contributed by atoms with Gasteiger partial charge in [0.2, 0.25) is 0 Å².